The lowest BCUT2D eigenvalue weighted by Gasteiger charge is -2.02. The van der Waals surface area contributed by atoms with E-state index in [0.717, 1.165) is 18.5 Å². The molecule has 0 unspecified atom stereocenters. The van der Waals surface area contributed by atoms with Crippen molar-refractivity contribution >= 4 is 11.6 Å². The van der Waals surface area contributed by atoms with Crippen molar-refractivity contribution in [1.29, 1.82) is 0 Å². The molecule has 1 aliphatic carbocycles. The molecule has 9 nitrogen and oxygen atoms in total. The maximum atomic E-state index is 12.2. The first-order valence-electron chi connectivity index (χ1n) is 7.33. The number of carbonyl (C=O) groups excluding carboxylic acids is 1. The summed E-state index contributed by atoms with van der Waals surface area (Å²) < 4.78 is 6.62. The minimum atomic E-state index is -0.257. The molecule has 1 fully saturated rings. The van der Waals surface area contributed by atoms with Crippen LogP contribution >= 0.6 is 0 Å². The van der Waals surface area contributed by atoms with E-state index in [1.54, 1.807) is 22.7 Å². The number of ether oxygens (including phenoxy) is 1. The number of H-pyrrole nitrogens is 1. The number of aromatic amines is 1. The fourth-order valence-corrected chi connectivity index (χ4v) is 2.34. The number of fused-ring (bicyclic) bond motifs is 1. The molecule has 0 bridgehead atoms. The Balaban J connectivity index is 1.48. The number of nitrogens with zero attached hydrogens (tertiary/aromatic N) is 5. The van der Waals surface area contributed by atoms with Gasteiger partial charge in [0.1, 0.15) is 5.69 Å². The average molecular weight is 313 g/mol. The van der Waals surface area contributed by atoms with Crippen molar-refractivity contribution in [2.24, 2.45) is 0 Å². The molecule has 3 aromatic heterocycles. The van der Waals surface area contributed by atoms with E-state index in [0.29, 0.717) is 29.0 Å². The molecule has 0 radical (unpaired) electrons. The van der Waals surface area contributed by atoms with Gasteiger partial charge in [-0.05, 0) is 25.0 Å². The van der Waals surface area contributed by atoms with Gasteiger partial charge in [-0.3, -0.25) is 9.89 Å². The largest absolute Gasteiger partial charge is 0.480 e. The van der Waals surface area contributed by atoms with Crippen LogP contribution in [0.25, 0.3) is 5.65 Å². The van der Waals surface area contributed by atoms with Crippen molar-refractivity contribution in [3.8, 4) is 5.88 Å². The Morgan fingerprint density at radius 3 is 3.09 bits per heavy atom. The molecule has 3 heterocycles. The van der Waals surface area contributed by atoms with Gasteiger partial charge in [0.05, 0.1) is 13.7 Å². The highest BCUT2D eigenvalue weighted by molar-refractivity contribution is 5.92. The quantitative estimate of drug-likeness (QED) is 0.716. The zero-order valence-corrected chi connectivity index (χ0v) is 12.5. The number of nitrogens with one attached hydrogen (secondary N) is 2. The van der Waals surface area contributed by atoms with Crippen LogP contribution in [0.15, 0.2) is 18.2 Å². The highest BCUT2D eigenvalue weighted by Gasteiger charge is 2.26. The number of methoxy groups -OCH3 is 1. The summed E-state index contributed by atoms with van der Waals surface area (Å²) in [6.07, 6.45) is 2.31. The van der Waals surface area contributed by atoms with Crippen LogP contribution in [0.5, 0.6) is 5.88 Å². The molecule has 23 heavy (non-hydrogen) atoms. The van der Waals surface area contributed by atoms with E-state index in [4.69, 9.17) is 4.74 Å². The lowest BCUT2D eigenvalue weighted by atomic mass is 10.2. The van der Waals surface area contributed by atoms with E-state index in [9.17, 15) is 4.79 Å². The van der Waals surface area contributed by atoms with Crippen LogP contribution in [0.4, 0.5) is 0 Å². The van der Waals surface area contributed by atoms with E-state index in [1.807, 2.05) is 0 Å². The first-order valence-corrected chi connectivity index (χ1v) is 7.33. The minimum Gasteiger partial charge on any atom is -0.480 e. The number of carbonyl (C=O) groups is 1. The van der Waals surface area contributed by atoms with Crippen molar-refractivity contribution in [2.75, 3.05) is 7.11 Å². The second kappa shape index (κ2) is 5.34. The van der Waals surface area contributed by atoms with Crippen LogP contribution in [0.3, 0.4) is 0 Å². The maximum Gasteiger partial charge on any atom is 0.272 e. The van der Waals surface area contributed by atoms with Gasteiger partial charge in [-0.15, -0.1) is 15.3 Å². The Morgan fingerprint density at radius 2 is 2.30 bits per heavy atom. The molecule has 2 N–H and O–H groups in total. The molecule has 1 amide bonds. The van der Waals surface area contributed by atoms with E-state index in [1.165, 1.54) is 7.11 Å². The molecule has 0 aromatic carbocycles. The van der Waals surface area contributed by atoms with Crippen LogP contribution in [0.1, 0.15) is 40.8 Å². The lowest BCUT2D eigenvalue weighted by molar-refractivity contribution is 0.0944. The Morgan fingerprint density at radius 1 is 1.43 bits per heavy atom. The summed E-state index contributed by atoms with van der Waals surface area (Å²) in [5.41, 5.74) is 1.99. The highest BCUT2D eigenvalue weighted by Crippen LogP contribution is 2.38. The maximum absolute atomic E-state index is 12.2. The third kappa shape index (κ3) is 2.60. The summed E-state index contributed by atoms with van der Waals surface area (Å²) >= 11 is 0. The van der Waals surface area contributed by atoms with Crippen molar-refractivity contribution in [1.82, 2.24) is 35.3 Å². The smallest absolute Gasteiger partial charge is 0.272 e. The number of hydrogen-bond donors (Lipinski definition) is 2. The second-order valence-corrected chi connectivity index (χ2v) is 5.43. The SMILES string of the molecule is COc1ccc2nnc(CNC(=O)c3cc(C4CC4)[nH]n3)n2n1. The predicted molar refractivity (Wildman–Crippen MR) is 79.1 cm³/mol. The first-order chi connectivity index (χ1) is 11.2. The molecule has 118 valence electrons. The summed E-state index contributed by atoms with van der Waals surface area (Å²) in [6.45, 7) is 0.200. The van der Waals surface area contributed by atoms with Gasteiger partial charge in [0.25, 0.3) is 5.91 Å². The molecule has 3 aromatic rings. The molecule has 1 aliphatic rings. The van der Waals surface area contributed by atoms with E-state index >= 15 is 0 Å². The third-order valence-electron chi connectivity index (χ3n) is 3.77. The third-order valence-corrected chi connectivity index (χ3v) is 3.77. The zero-order chi connectivity index (χ0) is 15.8. The van der Waals surface area contributed by atoms with Crippen LogP contribution in [0.2, 0.25) is 0 Å². The van der Waals surface area contributed by atoms with Gasteiger partial charge in [-0.1, -0.05) is 0 Å². The Bertz CT molecular complexity index is 865. The zero-order valence-electron chi connectivity index (χ0n) is 12.5. The van der Waals surface area contributed by atoms with Crippen LogP contribution in [0, 0.1) is 0 Å². The fourth-order valence-electron chi connectivity index (χ4n) is 2.34. The molecule has 0 aliphatic heterocycles. The standard InChI is InChI=1S/C14H15N7O2/c1-23-13-5-4-11-18-19-12(21(11)20-13)7-15-14(22)10-6-9(16-17-10)8-2-3-8/h4-6,8H,2-3,7H2,1H3,(H,15,22)(H,16,17). The normalized spacial score (nSPS) is 14.1. The summed E-state index contributed by atoms with van der Waals surface area (Å²) in [7, 11) is 1.54. The summed E-state index contributed by atoms with van der Waals surface area (Å²) in [6, 6.07) is 5.26. The molecule has 0 atom stereocenters. The Labute approximate surface area is 131 Å². The monoisotopic (exact) mass is 313 g/mol. The highest BCUT2D eigenvalue weighted by atomic mass is 16.5. The number of amides is 1. The fraction of sp³-hybridized carbons (Fsp3) is 0.357. The first kappa shape index (κ1) is 13.7. The van der Waals surface area contributed by atoms with Crippen molar-refractivity contribution in [2.45, 2.75) is 25.3 Å². The van der Waals surface area contributed by atoms with Gasteiger partial charge >= 0.3 is 0 Å². The minimum absolute atomic E-state index is 0.200. The summed E-state index contributed by atoms with van der Waals surface area (Å²) in [4.78, 5) is 12.2. The summed E-state index contributed by atoms with van der Waals surface area (Å²) in [5.74, 6) is 1.24. The molecule has 9 heteroatoms. The molecule has 0 spiro atoms. The van der Waals surface area contributed by atoms with E-state index in [-0.39, 0.29) is 12.5 Å². The average Bonchev–Trinajstić information content (AvgIpc) is 3.17. The van der Waals surface area contributed by atoms with Crippen molar-refractivity contribution in [3.05, 3.63) is 35.4 Å². The Kier molecular flexibility index (Phi) is 3.18. The molecule has 0 saturated heterocycles. The predicted octanol–water partition coefficient (Wildman–Crippen LogP) is 0.663. The van der Waals surface area contributed by atoms with Gasteiger partial charge in [0.15, 0.2) is 11.5 Å². The van der Waals surface area contributed by atoms with Crippen LogP contribution in [-0.4, -0.2) is 43.0 Å². The topological polar surface area (TPSA) is 110 Å². The molecule has 1 saturated carbocycles. The lowest BCUT2D eigenvalue weighted by Crippen LogP contribution is -2.24. The van der Waals surface area contributed by atoms with E-state index < -0.39 is 0 Å². The number of rotatable bonds is 5. The van der Waals surface area contributed by atoms with Crippen molar-refractivity contribution in [3.63, 3.8) is 0 Å². The number of hydrogen-bond acceptors (Lipinski definition) is 6. The van der Waals surface area contributed by atoms with Gasteiger partial charge < -0.3 is 10.1 Å². The van der Waals surface area contributed by atoms with Gasteiger partial charge in [0.2, 0.25) is 5.88 Å². The second-order valence-electron chi connectivity index (χ2n) is 5.43. The van der Waals surface area contributed by atoms with E-state index in [2.05, 4.69) is 30.8 Å². The van der Waals surface area contributed by atoms with Crippen molar-refractivity contribution < 1.29 is 9.53 Å². The Hall–Kier alpha value is -2.97. The molecule has 4 rings (SSSR count). The number of aromatic nitrogens is 6. The van der Waals surface area contributed by atoms with Gasteiger partial charge in [-0.25, -0.2) is 0 Å². The summed E-state index contributed by atoms with van der Waals surface area (Å²) in [5, 5.41) is 22.0. The van der Waals surface area contributed by atoms with Gasteiger partial charge in [0, 0.05) is 17.7 Å². The molecular weight excluding hydrogens is 298 g/mol. The van der Waals surface area contributed by atoms with Gasteiger partial charge in [-0.2, -0.15) is 9.61 Å². The van der Waals surface area contributed by atoms with Crippen LogP contribution < -0.4 is 10.1 Å². The molecular formula is C14H15N7O2. The van der Waals surface area contributed by atoms with Crippen LogP contribution in [-0.2, 0) is 6.54 Å².